The Morgan fingerprint density at radius 2 is 2.25 bits per heavy atom. The standard InChI is InChI=1S/C16H21ClN2O/c1-2-18-8-13-9-19(11-20-10-12-3-4-12)16-7-14(17)5-6-15(13)16/h5-7,9,12,18H,2-4,8,10-11H2,1H3. The van der Waals surface area contributed by atoms with Gasteiger partial charge in [0.25, 0.3) is 0 Å². The number of hydrogen-bond donors (Lipinski definition) is 1. The van der Waals surface area contributed by atoms with Crippen molar-refractivity contribution in [1.82, 2.24) is 9.88 Å². The maximum Gasteiger partial charge on any atom is 0.122 e. The second-order valence-electron chi connectivity index (χ2n) is 5.51. The molecule has 1 aliphatic carbocycles. The molecule has 2 aromatic rings. The highest BCUT2D eigenvalue weighted by molar-refractivity contribution is 6.31. The average molecular weight is 293 g/mol. The minimum absolute atomic E-state index is 0.611. The summed E-state index contributed by atoms with van der Waals surface area (Å²) >= 11 is 6.13. The minimum atomic E-state index is 0.611. The number of halogens is 1. The lowest BCUT2D eigenvalue weighted by atomic mass is 10.2. The van der Waals surface area contributed by atoms with Gasteiger partial charge in [0.2, 0.25) is 0 Å². The quantitative estimate of drug-likeness (QED) is 0.840. The highest BCUT2D eigenvalue weighted by Gasteiger charge is 2.21. The molecule has 1 aromatic heterocycles. The van der Waals surface area contributed by atoms with Crippen LogP contribution in [0, 0.1) is 5.92 Å². The van der Waals surface area contributed by atoms with Gasteiger partial charge in [-0.25, -0.2) is 0 Å². The smallest absolute Gasteiger partial charge is 0.122 e. The normalized spacial score (nSPS) is 15.1. The minimum Gasteiger partial charge on any atom is -0.360 e. The van der Waals surface area contributed by atoms with E-state index < -0.39 is 0 Å². The fraction of sp³-hybridized carbons (Fsp3) is 0.500. The number of benzene rings is 1. The summed E-state index contributed by atoms with van der Waals surface area (Å²) in [6.45, 7) is 5.46. The molecule has 1 heterocycles. The summed E-state index contributed by atoms with van der Waals surface area (Å²) in [6.07, 6.45) is 4.82. The lowest BCUT2D eigenvalue weighted by Gasteiger charge is -2.06. The fourth-order valence-electron chi connectivity index (χ4n) is 2.45. The first-order chi connectivity index (χ1) is 9.78. The second-order valence-corrected chi connectivity index (χ2v) is 5.95. The van der Waals surface area contributed by atoms with Gasteiger partial charge >= 0.3 is 0 Å². The van der Waals surface area contributed by atoms with Crippen LogP contribution in [0.15, 0.2) is 24.4 Å². The van der Waals surface area contributed by atoms with Gasteiger partial charge in [0.05, 0.1) is 12.1 Å². The molecule has 4 heteroatoms. The van der Waals surface area contributed by atoms with E-state index in [4.69, 9.17) is 16.3 Å². The first kappa shape index (κ1) is 13.9. The number of aromatic nitrogens is 1. The first-order valence-corrected chi connectivity index (χ1v) is 7.71. The van der Waals surface area contributed by atoms with Crippen molar-refractivity contribution in [1.29, 1.82) is 0 Å². The Morgan fingerprint density at radius 3 is 3.00 bits per heavy atom. The third-order valence-corrected chi connectivity index (χ3v) is 4.01. The Bertz CT molecular complexity index is 589. The largest absolute Gasteiger partial charge is 0.360 e. The lowest BCUT2D eigenvalue weighted by molar-refractivity contribution is 0.0717. The predicted molar refractivity (Wildman–Crippen MR) is 83.0 cm³/mol. The summed E-state index contributed by atoms with van der Waals surface area (Å²) in [6, 6.07) is 6.07. The molecule has 1 aliphatic rings. The molecule has 0 unspecified atom stereocenters. The van der Waals surface area contributed by atoms with E-state index in [-0.39, 0.29) is 0 Å². The predicted octanol–water partition coefficient (Wildman–Crippen LogP) is 3.79. The maximum absolute atomic E-state index is 6.13. The number of nitrogens with one attached hydrogen (secondary N) is 1. The zero-order chi connectivity index (χ0) is 13.9. The molecule has 0 saturated heterocycles. The van der Waals surface area contributed by atoms with Gasteiger partial charge in [0.1, 0.15) is 6.73 Å². The Kier molecular flexibility index (Phi) is 4.29. The molecule has 0 amide bonds. The number of nitrogens with zero attached hydrogens (tertiary/aromatic N) is 1. The molecule has 1 aromatic carbocycles. The molecule has 3 rings (SSSR count). The zero-order valence-corrected chi connectivity index (χ0v) is 12.6. The number of fused-ring (bicyclic) bond motifs is 1. The molecule has 20 heavy (non-hydrogen) atoms. The van der Waals surface area contributed by atoms with Crippen LogP contribution in [0.3, 0.4) is 0 Å². The van der Waals surface area contributed by atoms with Crippen molar-refractivity contribution in [2.45, 2.75) is 33.0 Å². The van der Waals surface area contributed by atoms with Crippen LogP contribution in [0.5, 0.6) is 0 Å². The van der Waals surface area contributed by atoms with Crippen LogP contribution in [-0.4, -0.2) is 17.7 Å². The maximum atomic E-state index is 6.13. The Hall–Kier alpha value is -1.03. The summed E-state index contributed by atoms with van der Waals surface area (Å²) in [7, 11) is 0. The van der Waals surface area contributed by atoms with Crippen LogP contribution in [0.25, 0.3) is 10.9 Å². The molecule has 0 bridgehead atoms. The van der Waals surface area contributed by atoms with Crippen molar-refractivity contribution in [3.8, 4) is 0 Å². The van der Waals surface area contributed by atoms with E-state index in [1.165, 1.54) is 23.8 Å². The van der Waals surface area contributed by atoms with Gasteiger partial charge in [-0.15, -0.1) is 0 Å². The van der Waals surface area contributed by atoms with Crippen LogP contribution >= 0.6 is 11.6 Å². The van der Waals surface area contributed by atoms with Gasteiger partial charge in [0, 0.05) is 23.2 Å². The topological polar surface area (TPSA) is 26.2 Å². The highest BCUT2D eigenvalue weighted by atomic mass is 35.5. The van der Waals surface area contributed by atoms with Crippen LogP contribution in [0.2, 0.25) is 5.02 Å². The van der Waals surface area contributed by atoms with Crippen LogP contribution < -0.4 is 5.32 Å². The van der Waals surface area contributed by atoms with Crippen LogP contribution in [0.1, 0.15) is 25.3 Å². The molecule has 0 atom stereocenters. The van der Waals surface area contributed by atoms with Crippen molar-refractivity contribution in [2.24, 2.45) is 5.92 Å². The fourth-order valence-corrected chi connectivity index (χ4v) is 2.62. The zero-order valence-electron chi connectivity index (χ0n) is 11.9. The Labute approximate surface area is 124 Å². The van der Waals surface area contributed by atoms with Gasteiger partial charge < -0.3 is 14.6 Å². The van der Waals surface area contributed by atoms with E-state index >= 15 is 0 Å². The number of ether oxygens (including phenoxy) is 1. The van der Waals surface area contributed by atoms with Crippen LogP contribution in [0.4, 0.5) is 0 Å². The summed E-state index contributed by atoms with van der Waals surface area (Å²) in [4.78, 5) is 0. The van der Waals surface area contributed by atoms with Gasteiger partial charge in [-0.3, -0.25) is 0 Å². The average Bonchev–Trinajstić information content (AvgIpc) is 3.20. The molecule has 0 radical (unpaired) electrons. The molecule has 0 aliphatic heterocycles. The summed E-state index contributed by atoms with van der Waals surface area (Å²) in [5.74, 6) is 0.793. The van der Waals surface area contributed by atoms with Crippen LogP contribution in [-0.2, 0) is 18.0 Å². The van der Waals surface area contributed by atoms with Gasteiger partial charge in [0.15, 0.2) is 0 Å². The van der Waals surface area contributed by atoms with Crippen molar-refractivity contribution in [3.63, 3.8) is 0 Å². The van der Waals surface area contributed by atoms with Crippen molar-refractivity contribution >= 4 is 22.5 Å². The molecule has 1 fully saturated rings. The summed E-state index contributed by atoms with van der Waals surface area (Å²) < 4.78 is 7.97. The molecule has 108 valence electrons. The van der Waals surface area contributed by atoms with Gasteiger partial charge in [-0.1, -0.05) is 24.6 Å². The van der Waals surface area contributed by atoms with Gasteiger partial charge in [-0.2, -0.15) is 0 Å². The van der Waals surface area contributed by atoms with Gasteiger partial charge in [-0.05, 0) is 43.0 Å². The van der Waals surface area contributed by atoms with E-state index in [9.17, 15) is 0 Å². The lowest BCUT2D eigenvalue weighted by Crippen LogP contribution is -2.11. The van der Waals surface area contributed by atoms with Crippen molar-refractivity contribution < 1.29 is 4.74 Å². The molecule has 1 saturated carbocycles. The monoisotopic (exact) mass is 292 g/mol. The number of hydrogen-bond acceptors (Lipinski definition) is 2. The first-order valence-electron chi connectivity index (χ1n) is 7.33. The van der Waals surface area contributed by atoms with Crippen molar-refractivity contribution in [2.75, 3.05) is 13.2 Å². The van der Waals surface area contributed by atoms with E-state index in [2.05, 4.69) is 29.1 Å². The third-order valence-electron chi connectivity index (χ3n) is 3.77. The Morgan fingerprint density at radius 1 is 1.40 bits per heavy atom. The number of rotatable bonds is 7. The van der Waals surface area contributed by atoms with E-state index in [1.807, 2.05) is 12.1 Å². The molecule has 1 N–H and O–H groups in total. The molecular formula is C16H21ClN2O. The SMILES string of the molecule is CCNCc1cn(COCC2CC2)c2cc(Cl)ccc12. The van der Waals surface area contributed by atoms with E-state index in [0.29, 0.717) is 6.73 Å². The molecule has 3 nitrogen and oxygen atoms in total. The van der Waals surface area contributed by atoms with E-state index in [1.54, 1.807) is 0 Å². The third kappa shape index (κ3) is 3.17. The summed E-state index contributed by atoms with van der Waals surface area (Å²) in [5.41, 5.74) is 2.45. The summed E-state index contributed by atoms with van der Waals surface area (Å²) in [5, 5.41) is 5.41. The second kappa shape index (κ2) is 6.17. The molecular weight excluding hydrogens is 272 g/mol. The Balaban J connectivity index is 1.82. The van der Waals surface area contributed by atoms with E-state index in [0.717, 1.165) is 36.2 Å². The molecule has 0 spiro atoms. The van der Waals surface area contributed by atoms with Crippen molar-refractivity contribution in [3.05, 3.63) is 35.0 Å². The highest BCUT2D eigenvalue weighted by Crippen LogP contribution is 2.29.